The van der Waals surface area contributed by atoms with Gasteiger partial charge in [-0.3, -0.25) is 4.90 Å². The lowest BCUT2D eigenvalue weighted by atomic mass is 10.1. The third-order valence-corrected chi connectivity index (χ3v) is 4.83. The first-order valence-corrected chi connectivity index (χ1v) is 8.35. The molecule has 1 aromatic rings. The summed E-state index contributed by atoms with van der Waals surface area (Å²) >= 11 is 3.56. The highest BCUT2D eigenvalue weighted by Gasteiger charge is 2.28. The smallest absolute Gasteiger partial charge is 0.123 e. The molecule has 1 heterocycles. The van der Waals surface area contributed by atoms with Crippen LogP contribution in [0.5, 0.6) is 5.75 Å². The first-order chi connectivity index (χ1) is 9.76. The molecule has 1 aliphatic carbocycles. The van der Waals surface area contributed by atoms with Gasteiger partial charge < -0.3 is 10.1 Å². The van der Waals surface area contributed by atoms with Gasteiger partial charge in [-0.2, -0.15) is 0 Å². The summed E-state index contributed by atoms with van der Waals surface area (Å²) in [5.74, 6) is 0.994. The third kappa shape index (κ3) is 3.54. The Balaban J connectivity index is 1.64. The van der Waals surface area contributed by atoms with E-state index in [4.69, 9.17) is 4.74 Å². The van der Waals surface area contributed by atoms with Crippen molar-refractivity contribution in [3.63, 3.8) is 0 Å². The molecule has 2 fully saturated rings. The summed E-state index contributed by atoms with van der Waals surface area (Å²) in [5.41, 5.74) is 1.28. The van der Waals surface area contributed by atoms with E-state index in [2.05, 4.69) is 32.2 Å². The van der Waals surface area contributed by atoms with E-state index in [1.54, 1.807) is 7.11 Å². The van der Waals surface area contributed by atoms with Crippen LogP contribution in [0.4, 0.5) is 0 Å². The Labute approximate surface area is 129 Å². The second-order valence-electron chi connectivity index (χ2n) is 5.91. The summed E-state index contributed by atoms with van der Waals surface area (Å²) < 4.78 is 6.62. The molecule has 4 heteroatoms. The van der Waals surface area contributed by atoms with Crippen molar-refractivity contribution in [3.05, 3.63) is 28.2 Å². The van der Waals surface area contributed by atoms with Crippen LogP contribution in [-0.2, 0) is 6.54 Å². The van der Waals surface area contributed by atoms with Crippen molar-refractivity contribution in [1.82, 2.24) is 10.2 Å². The van der Waals surface area contributed by atoms with Gasteiger partial charge in [-0.1, -0.05) is 15.9 Å². The van der Waals surface area contributed by atoms with Gasteiger partial charge in [0, 0.05) is 35.2 Å². The molecule has 0 spiro atoms. The van der Waals surface area contributed by atoms with Crippen molar-refractivity contribution >= 4 is 15.9 Å². The van der Waals surface area contributed by atoms with Gasteiger partial charge in [0.2, 0.25) is 0 Å². The molecule has 2 aliphatic rings. The highest BCUT2D eigenvalue weighted by molar-refractivity contribution is 9.10. The Kier molecular flexibility index (Phi) is 4.64. The van der Waals surface area contributed by atoms with E-state index in [0.29, 0.717) is 6.04 Å². The van der Waals surface area contributed by atoms with E-state index < -0.39 is 0 Å². The minimum atomic E-state index is 0.680. The van der Waals surface area contributed by atoms with Crippen LogP contribution in [0.3, 0.4) is 0 Å². The highest BCUT2D eigenvalue weighted by atomic mass is 79.9. The Morgan fingerprint density at radius 3 is 2.95 bits per heavy atom. The van der Waals surface area contributed by atoms with E-state index >= 15 is 0 Å². The van der Waals surface area contributed by atoms with Gasteiger partial charge in [0.25, 0.3) is 0 Å². The number of halogens is 1. The fraction of sp³-hybridized carbons (Fsp3) is 0.625. The van der Waals surface area contributed by atoms with Gasteiger partial charge in [-0.25, -0.2) is 0 Å². The Bertz CT molecular complexity index is 462. The van der Waals surface area contributed by atoms with Gasteiger partial charge in [0.15, 0.2) is 0 Å². The molecule has 20 heavy (non-hydrogen) atoms. The van der Waals surface area contributed by atoms with Crippen molar-refractivity contribution < 1.29 is 4.74 Å². The van der Waals surface area contributed by atoms with E-state index in [0.717, 1.165) is 29.4 Å². The number of methoxy groups -OCH3 is 1. The molecule has 3 rings (SSSR count). The Hall–Kier alpha value is -0.580. The number of nitrogens with one attached hydrogen (secondary N) is 1. The highest BCUT2D eigenvalue weighted by Crippen LogP contribution is 2.28. The molecule has 1 saturated carbocycles. The monoisotopic (exact) mass is 338 g/mol. The fourth-order valence-corrected chi connectivity index (χ4v) is 3.42. The zero-order valence-electron chi connectivity index (χ0n) is 12.1. The second kappa shape index (κ2) is 6.46. The van der Waals surface area contributed by atoms with Crippen molar-refractivity contribution in [1.29, 1.82) is 0 Å². The van der Waals surface area contributed by atoms with Crippen molar-refractivity contribution in [2.75, 3.05) is 20.2 Å². The molecule has 1 aliphatic heterocycles. The van der Waals surface area contributed by atoms with Crippen molar-refractivity contribution in [3.8, 4) is 5.75 Å². The van der Waals surface area contributed by atoms with Crippen LogP contribution in [0.1, 0.15) is 31.2 Å². The first-order valence-electron chi connectivity index (χ1n) is 7.56. The molecule has 1 atom stereocenters. The van der Waals surface area contributed by atoms with Crippen LogP contribution < -0.4 is 10.1 Å². The summed E-state index contributed by atoms with van der Waals surface area (Å²) in [5, 5.41) is 3.67. The van der Waals surface area contributed by atoms with E-state index in [9.17, 15) is 0 Å². The maximum atomic E-state index is 5.49. The summed E-state index contributed by atoms with van der Waals surface area (Å²) in [6, 6.07) is 7.76. The molecule has 1 N–H and O–H groups in total. The number of nitrogens with zero attached hydrogens (tertiary/aromatic N) is 1. The number of rotatable bonds is 6. The molecular weight excluding hydrogens is 316 g/mol. The summed E-state index contributed by atoms with van der Waals surface area (Å²) in [6.07, 6.45) is 5.36. The molecule has 110 valence electrons. The number of hydrogen-bond acceptors (Lipinski definition) is 3. The van der Waals surface area contributed by atoms with Crippen molar-refractivity contribution in [2.45, 2.75) is 44.3 Å². The standard InChI is InChI=1S/C16H23BrN2O/c1-20-16-7-4-13(17)9-12(16)11-19-8-2-3-15(19)10-18-14-5-6-14/h4,7,9,14-15,18H,2-3,5-6,8,10-11H2,1H3. The molecule has 1 aromatic carbocycles. The first kappa shape index (κ1) is 14.4. The van der Waals surface area contributed by atoms with Gasteiger partial charge >= 0.3 is 0 Å². The fourth-order valence-electron chi connectivity index (χ4n) is 3.01. The zero-order chi connectivity index (χ0) is 13.9. The lowest BCUT2D eigenvalue weighted by molar-refractivity contribution is 0.235. The molecule has 0 bridgehead atoms. The molecule has 0 amide bonds. The SMILES string of the molecule is COc1ccc(Br)cc1CN1CCCC1CNC1CC1. The average molecular weight is 339 g/mol. The van der Waals surface area contributed by atoms with E-state index in [-0.39, 0.29) is 0 Å². The quantitative estimate of drug-likeness (QED) is 0.862. The minimum absolute atomic E-state index is 0.680. The van der Waals surface area contributed by atoms with Gasteiger partial charge in [-0.15, -0.1) is 0 Å². The van der Waals surface area contributed by atoms with Crippen LogP contribution in [-0.4, -0.2) is 37.2 Å². The van der Waals surface area contributed by atoms with Gasteiger partial charge in [0.1, 0.15) is 5.75 Å². The van der Waals surface area contributed by atoms with Crippen LogP contribution in [0.2, 0.25) is 0 Å². The van der Waals surface area contributed by atoms with Crippen LogP contribution >= 0.6 is 15.9 Å². The summed E-state index contributed by atoms with van der Waals surface area (Å²) in [7, 11) is 1.75. The average Bonchev–Trinajstić information content (AvgIpc) is 3.17. The largest absolute Gasteiger partial charge is 0.496 e. The van der Waals surface area contributed by atoms with Gasteiger partial charge in [-0.05, 0) is 50.4 Å². The van der Waals surface area contributed by atoms with Crippen molar-refractivity contribution in [2.24, 2.45) is 0 Å². The number of hydrogen-bond donors (Lipinski definition) is 1. The molecule has 3 nitrogen and oxygen atoms in total. The normalized spacial score (nSPS) is 23.2. The lowest BCUT2D eigenvalue weighted by Crippen LogP contribution is -2.38. The molecule has 1 unspecified atom stereocenters. The minimum Gasteiger partial charge on any atom is -0.496 e. The predicted molar refractivity (Wildman–Crippen MR) is 85.2 cm³/mol. The lowest BCUT2D eigenvalue weighted by Gasteiger charge is -2.25. The number of benzene rings is 1. The van der Waals surface area contributed by atoms with Crippen LogP contribution in [0.15, 0.2) is 22.7 Å². The third-order valence-electron chi connectivity index (χ3n) is 4.33. The summed E-state index contributed by atoms with van der Waals surface area (Å²) in [4.78, 5) is 2.60. The van der Waals surface area contributed by atoms with Gasteiger partial charge in [0.05, 0.1) is 7.11 Å². The van der Waals surface area contributed by atoms with E-state index in [1.807, 2.05) is 12.1 Å². The Morgan fingerprint density at radius 2 is 2.20 bits per heavy atom. The number of likely N-dealkylation sites (tertiary alicyclic amines) is 1. The second-order valence-corrected chi connectivity index (χ2v) is 6.82. The number of ether oxygens (including phenoxy) is 1. The molecular formula is C16H23BrN2O. The van der Waals surface area contributed by atoms with Crippen LogP contribution in [0, 0.1) is 0 Å². The molecule has 0 radical (unpaired) electrons. The zero-order valence-corrected chi connectivity index (χ0v) is 13.7. The van der Waals surface area contributed by atoms with E-state index in [1.165, 1.54) is 37.8 Å². The maximum absolute atomic E-state index is 5.49. The Morgan fingerprint density at radius 1 is 1.35 bits per heavy atom. The topological polar surface area (TPSA) is 24.5 Å². The van der Waals surface area contributed by atoms with Crippen LogP contribution in [0.25, 0.3) is 0 Å². The maximum Gasteiger partial charge on any atom is 0.123 e. The predicted octanol–water partition coefficient (Wildman–Crippen LogP) is 3.17. The molecule has 1 saturated heterocycles. The summed E-state index contributed by atoms with van der Waals surface area (Å²) in [6.45, 7) is 3.33. The molecule has 0 aromatic heterocycles.